The molecule has 0 saturated heterocycles. The van der Waals surface area contributed by atoms with Gasteiger partial charge in [0.15, 0.2) is 0 Å². The Bertz CT molecular complexity index is 1000. The van der Waals surface area contributed by atoms with Crippen molar-refractivity contribution in [1.82, 2.24) is 5.32 Å². The van der Waals surface area contributed by atoms with E-state index < -0.39 is 5.54 Å². The summed E-state index contributed by atoms with van der Waals surface area (Å²) in [4.78, 5) is 4.77. The first kappa shape index (κ1) is 16.4. The van der Waals surface area contributed by atoms with E-state index >= 15 is 0 Å². The van der Waals surface area contributed by atoms with Crippen molar-refractivity contribution in [1.29, 1.82) is 5.26 Å². The molecule has 3 aromatic rings. The Kier molecular flexibility index (Phi) is 4.20. The molecule has 1 N–H and O–H groups in total. The molecule has 0 radical (unpaired) electrons. The molecule has 1 heterocycles. The van der Waals surface area contributed by atoms with Gasteiger partial charge in [-0.25, -0.2) is 0 Å². The highest BCUT2D eigenvalue weighted by molar-refractivity contribution is 6.30. The monoisotopic (exact) mass is 357 g/mol. The summed E-state index contributed by atoms with van der Waals surface area (Å²) in [5.41, 5.74) is 3.32. The lowest BCUT2D eigenvalue weighted by atomic mass is 9.83. The standard InChI is InChI=1S/C22H16ClN3/c23-20-11-9-19(10-12-20)22(18-7-2-1-3-8-18)15-25-21(26-22)17-6-4-5-16(13-17)14-24/h1-13H,15H2,(H,25,26). The Morgan fingerprint density at radius 2 is 1.65 bits per heavy atom. The molecule has 26 heavy (non-hydrogen) atoms. The van der Waals surface area contributed by atoms with Gasteiger partial charge in [0.05, 0.1) is 18.2 Å². The van der Waals surface area contributed by atoms with E-state index in [-0.39, 0.29) is 0 Å². The van der Waals surface area contributed by atoms with E-state index in [2.05, 4.69) is 23.5 Å². The average Bonchev–Trinajstić information content (AvgIpc) is 3.16. The van der Waals surface area contributed by atoms with E-state index in [1.165, 1.54) is 0 Å². The summed E-state index contributed by atoms with van der Waals surface area (Å²) >= 11 is 6.09. The fourth-order valence-corrected chi connectivity index (χ4v) is 3.45. The lowest BCUT2D eigenvalue weighted by molar-refractivity contribution is 0.524. The van der Waals surface area contributed by atoms with E-state index in [1.54, 1.807) is 6.07 Å². The van der Waals surface area contributed by atoms with Crippen LogP contribution < -0.4 is 5.32 Å². The predicted octanol–water partition coefficient (Wildman–Crippen LogP) is 4.51. The number of amidine groups is 1. The van der Waals surface area contributed by atoms with E-state index in [0.29, 0.717) is 17.1 Å². The third-order valence-electron chi connectivity index (χ3n) is 4.67. The van der Waals surface area contributed by atoms with Crippen molar-refractivity contribution in [3.63, 3.8) is 0 Å². The quantitative estimate of drug-likeness (QED) is 0.750. The molecule has 1 aliphatic rings. The maximum atomic E-state index is 9.17. The van der Waals surface area contributed by atoms with Gasteiger partial charge < -0.3 is 5.32 Å². The molecule has 4 heteroatoms. The summed E-state index contributed by atoms with van der Waals surface area (Å²) in [6, 6.07) is 27.8. The van der Waals surface area contributed by atoms with Gasteiger partial charge >= 0.3 is 0 Å². The van der Waals surface area contributed by atoms with Crippen LogP contribution in [0.15, 0.2) is 83.9 Å². The Hall–Kier alpha value is -3.09. The third kappa shape index (κ3) is 2.85. The molecule has 1 aliphatic heterocycles. The molecule has 3 aromatic carbocycles. The van der Waals surface area contributed by atoms with Crippen molar-refractivity contribution in [3.05, 3.63) is 106 Å². The number of halogens is 1. The second-order valence-corrected chi connectivity index (χ2v) is 6.70. The van der Waals surface area contributed by atoms with Gasteiger partial charge in [0.1, 0.15) is 11.4 Å². The highest BCUT2D eigenvalue weighted by atomic mass is 35.5. The molecule has 3 nitrogen and oxygen atoms in total. The maximum Gasteiger partial charge on any atom is 0.129 e. The van der Waals surface area contributed by atoms with Gasteiger partial charge in [0.25, 0.3) is 0 Å². The van der Waals surface area contributed by atoms with Crippen molar-refractivity contribution in [2.24, 2.45) is 4.99 Å². The minimum Gasteiger partial charge on any atom is -0.355 e. The molecule has 0 saturated carbocycles. The summed E-state index contributed by atoms with van der Waals surface area (Å²) in [5.74, 6) is 0.793. The van der Waals surface area contributed by atoms with Crippen LogP contribution in [0.4, 0.5) is 0 Å². The fraction of sp³-hybridized carbons (Fsp3) is 0.0909. The largest absolute Gasteiger partial charge is 0.355 e. The van der Waals surface area contributed by atoms with Crippen LogP contribution in [0.3, 0.4) is 0 Å². The zero-order valence-corrected chi connectivity index (χ0v) is 14.7. The number of rotatable bonds is 3. The molecule has 0 amide bonds. The zero-order chi connectivity index (χ0) is 18.0. The van der Waals surface area contributed by atoms with Gasteiger partial charge in [0, 0.05) is 10.6 Å². The first-order valence-corrected chi connectivity index (χ1v) is 8.74. The fourth-order valence-electron chi connectivity index (χ4n) is 3.33. The number of aliphatic imine (C=N–C) groups is 1. The van der Waals surface area contributed by atoms with Crippen LogP contribution in [0.25, 0.3) is 0 Å². The molecular formula is C22H16ClN3. The van der Waals surface area contributed by atoms with Crippen LogP contribution >= 0.6 is 11.6 Å². The van der Waals surface area contributed by atoms with E-state index in [4.69, 9.17) is 21.9 Å². The van der Waals surface area contributed by atoms with Crippen molar-refractivity contribution in [2.45, 2.75) is 5.54 Å². The van der Waals surface area contributed by atoms with Crippen LogP contribution in [0.2, 0.25) is 5.02 Å². The molecule has 126 valence electrons. The van der Waals surface area contributed by atoms with Crippen molar-refractivity contribution >= 4 is 17.4 Å². The Morgan fingerprint density at radius 1 is 0.923 bits per heavy atom. The number of hydrogen-bond acceptors (Lipinski definition) is 3. The summed E-state index contributed by atoms with van der Waals surface area (Å²) in [6.45, 7) is 0.574. The lowest BCUT2D eigenvalue weighted by Crippen LogP contribution is -2.44. The van der Waals surface area contributed by atoms with Crippen LogP contribution in [-0.2, 0) is 5.54 Å². The number of hydrogen-bond donors (Lipinski definition) is 1. The smallest absolute Gasteiger partial charge is 0.129 e. The summed E-state index contributed by atoms with van der Waals surface area (Å²) < 4.78 is 0. The SMILES string of the molecule is N#Cc1cccc(C2=NCC(c3ccccc3)(c3ccc(Cl)cc3)N2)c1. The molecule has 0 aromatic heterocycles. The van der Waals surface area contributed by atoms with Gasteiger partial charge in [-0.2, -0.15) is 5.26 Å². The predicted molar refractivity (Wildman–Crippen MR) is 104 cm³/mol. The van der Waals surface area contributed by atoms with Crippen LogP contribution in [0.5, 0.6) is 0 Å². The minimum atomic E-state index is -0.455. The highest BCUT2D eigenvalue weighted by Crippen LogP contribution is 2.34. The Balaban J connectivity index is 1.77. The molecule has 1 unspecified atom stereocenters. The van der Waals surface area contributed by atoms with Gasteiger partial charge in [0.2, 0.25) is 0 Å². The first-order chi connectivity index (χ1) is 12.7. The molecule has 4 rings (SSSR count). The van der Waals surface area contributed by atoms with Crippen LogP contribution in [-0.4, -0.2) is 12.4 Å². The minimum absolute atomic E-state index is 0.455. The van der Waals surface area contributed by atoms with Gasteiger partial charge in [-0.3, -0.25) is 4.99 Å². The van der Waals surface area contributed by atoms with Crippen LogP contribution in [0.1, 0.15) is 22.3 Å². The normalized spacial score (nSPS) is 18.7. The summed E-state index contributed by atoms with van der Waals surface area (Å²) in [7, 11) is 0. The third-order valence-corrected chi connectivity index (χ3v) is 4.93. The average molecular weight is 358 g/mol. The molecule has 0 bridgehead atoms. The molecule has 0 aliphatic carbocycles. The van der Waals surface area contributed by atoms with E-state index in [1.807, 2.05) is 60.7 Å². The van der Waals surface area contributed by atoms with Gasteiger partial charge in [-0.05, 0) is 35.4 Å². The first-order valence-electron chi connectivity index (χ1n) is 8.36. The van der Waals surface area contributed by atoms with E-state index in [9.17, 15) is 0 Å². The maximum absolute atomic E-state index is 9.17. The number of nitriles is 1. The zero-order valence-electron chi connectivity index (χ0n) is 14.0. The lowest BCUT2D eigenvalue weighted by Gasteiger charge is -2.31. The number of benzene rings is 3. The number of nitrogens with zero attached hydrogens (tertiary/aromatic N) is 2. The summed E-state index contributed by atoms with van der Waals surface area (Å²) in [5, 5.41) is 13.5. The molecule has 0 fully saturated rings. The van der Waals surface area contributed by atoms with E-state index in [0.717, 1.165) is 22.5 Å². The van der Waals surface area contributed by atoms with Gasteiger partial charge in [-0.1, -0.05) is 66.2 Å². The number of nitrogens with one attached hydrogen (secondary N) is 1. The Labute approximate surface area is 157 Å². The second kappa shape index (κ2) is 6.67. The second-order valence-electron chi connectivity index (χ2n) is 6.26. The molecule has 0 spiro atoms. The van der Waals surface area contributed by atoms with Gasteiger partial charge in [-0.15, -0.1) is 0 Å². The molecular weight excluding hydrogens is 342 g/mol. The van der Waals surface area contributed by atoms with Crippen LogP contribution in [0, 0.1) is 11.3 Å². The topological polar surface area (TPSA) is 48.2 Å². The molecule has 1 atom stereocenters. The van der Waals surface area contributed by atoms with Crippen molar-refractivity contribution in [3.8, 4) is 6.07 Å². The summed E-state index contributed by atoms with van der Waals surface area (Å²) in [6.07, 6.45) is 0. The highest BCUT2D eigenvalue weighted by Gasteiger charge is 2.39. The van der Waals surface area contributed by atoms with Crippen molar-refractivity contribution < 1.29 is 0 Å². The van der Waals surface area contributed by atoms with Crippen molar-refractivity contribution in [2.75, 3.05) is 6.54 Å². The Morgan fingerprint density at radius 3 is 2.38 bits per heavy atom.